The predicted octanol–water partition coefficient (Wildman–Crippen LogP) is 6.04. The Hall–Kier alpha value is -5.26. The van der Waals surface area contributed by atoms with Crippen molar-refractivity contribution in [1.82, 2.24) is 10.6 Å². The number of hydrogen-bond acceptors (Lipinski definition) is 8. The van der Waals surface area contributed by atoms with Gasteiger partial charge in [-0.15, -0.1) is 0 Å². The van der Waals surface area contributed by atoms with E-state index in [2.05, 4.69) is 15.8 Å². The number of ketones is 1. The molecule has 0 radical (unpaired) electrons. The van der Waals surface area contributed by atoms with Gasteiger partial charge in [0.05, 0.1) is 33.8 Å². The van der Waals surface area contributed by atoms with Gasteiger partial charge < -0.3 is 25.3 Å². The molecule has 1 aliphatic heterocycles. The average Bonchev–Trinajstić information content (AvgIpc) is 3.53. The SMILES string of the molecule is CC(C)C(NC(=O)c1cccc2ccccc12)C1=NOC(Cc2ccccc2)(C(=O)NC(CC(=O)O)C(=O)COC(=O)c2c(Cl)cccc2Cl)C1. The van der Waals surface area contributed by atoms with Crippen LogP contribution in [0.2, 0.25) is 10.0 Å². The second-order valence-corrected chi connectivity index (χ2v) is 13.3. The van der Waals surface area contributed by atoms with Crippen LogP contribution in [0, 0.1) is 5.92 Å². The van der Waals surface area contributed by atoms with E-state index in [1.807, 2.05) is 50.2 Å². The van der Waals surface area contributed by atoms with Crippen molar-refractivity contribution < 1.29 is 38.7 Å². The molecule has 51 heavy (non-hydrogen) atoms. The number of esters is 1. The van der Waals surface area contributed by atoms with Crippen LogP contribution in [0.15, 0.2) is 96.2 Å². The van der Waals surface area contributed by atoms with Gasteiger partial charge in [-0.05, 0) is 40.5 Å². The van der Waals surface area contributed by atoms with Crippen LogP contribution in [0.25, 0.3) is 10.8 Å². The maximum atomic E-state index is 14.2. The molecule has 3 N–H and O–H groups in total. The molecule has 11 nitrogen and oxygen atoms in total. The number of carboxylic acid groups (broad SMARTS) is 1. The van der Waals surface area contributed by atoms with Crippen molar-refractivity contribution >= 4 is 69.2 Å². The summed E-state index contributed by atoms with van der Waals surface area (Å²) in [6, 6.07) is 24.0. The normalized spacial score (nSPS) is 16.5. The number of nitrogens with zero attached hydrogens (tertiary/aromatic N) is 1. The molecule has 3 unspecified atom stereocenters. The molecule has 0 saturated heterocycles. The van der Waals surface area contributed by atoms with Crippen molar-refractivity contribution in [1.29, 1.82) is 0 Å². The number of oxime groups is 1. The summed E-state index contributed by atoms with van der Waals surface area (Å²) in [4.78, 5) is 71.5. The molecule has 0 fully saturated rings. The highest BCUT2D eigenvalue weighted by atomic mass is 35.5. The first-order chi connectivity index (χ1) is 24.4. The molecule has 1 heterocycles. The molecular weight excluding hydrogens is 697 g/mol. The zero-order valence-corrected chi connectivity index (χ0v) is 29.2. The Morgan fingerprint density at radius 1 is 0.882 bits per heavy atom. The van der Waals surface area contributed by atoms with Crippen LogP contribution in [-0.4, -0.2) is 64.6 Å². The predicted molar refractivity (Wildman–Crippen MR) is 192 cm³/mol. The van der Waals surface area contributed by atoms with Crippen LogP contribution in [-0.2, 0) is 30.4 Å². The van der Waals surface area contributed by atoms with Gasteiger partial charge in [0, 0.05) is 18.4 Å². The maximum Gasteiger partial charge on any atom is 0.341 e. The van der Waals surface area contributed by atoms with E-state index in [9.17, 15) is 29.1 Å². The molecule has 5 rings (SSSR count). The molecule has 13 heteroatoms. The van der Waals surface area contributed by atoms with Gasteiger partial charge in [0.15, 0.2) is 12.4 Å². The maximum absolute atomic E-state index is 14.2. The first kappa shape index (κ1) is 37.0. The monoisotopic (exact) mass is 731 g/mol. The van der Waals surface area contributed by atoms with Gasteiger partial charge in [0.1, 0.15) is 6.04 Å². The minimum absolute atomic E-state index is 0.000360. The van der Waals surface area contributed by atoms with Crippen molar-refractivity contribution in [2.45, 2.75) is 50.8 Å². The third-order valence-electron chi connectivity index (χ3n) is 8.48. The third-order valence-corrected chi connectivity index (χ3v) is 9.11. The van der Waals surface area contributed by atoms with Crippen LogP contribution in [0.3, 0.4) is 0 Å². The Bertz CT molecular complexity index is 1980. The Morgan fingerprint density at radius 3 is 2.22 bits per heavy atom. The zero-order chi connectivity index (χ0) is 36.7. The first-order valence-electron chi connectivity index (χ1n) is 16.1. The quantitative estimate of drug-likeness (QED) is 0.132. The van der Waals surface area contributed by atoms with Gasteiger partial charge in [0.25, 0.3) is 11.8 Å². The number of rotatable bonds is 14. The number of nitrogens with one attached hydrogen (secondary N) is 2. The molecule has 0 spiro atoms. The van der Waals surface area contributed by atoms with Crippen molar-refractivity contribution in [3.8, 4) is 0 Å². The van der Waals surface area contributed by atoms with E-state index in [0.29, 0.717) is 16.8 Å². The van der Waals surface area contributed by atoms with Gasteiger partial charge in [-0.3, -0.25) is 19.2 Å². The van der Waals surface area contributed by atoms with E-state index in [4.69, 9.17) is 32.8 Å². The van der Waals surface area contributed by atoms with E-state index < -0.39 is 54.3 Å². The number of hydrogen-bond donors (Lipinski definition) is 3. The second kappa shape index (κ2) is 16.2. The first-order valence-corrected chi connectivity index (χ1v) is 16.9. The summed E-state index contributed by atoms with van der Waals surface area (Å²) in [7, 11) is 0. The van der Waals surface area contributed by atoms with Crippen LogP contribution < -0.4 is 10.6 Å². The fraction of sp³-hybridized carbons (Fsp3) is 0.263. The van der Waals surface area contributed by atoms with E-state index in [1.54, 1.807) is 36.4 Å². The molecule has 0 aliphatic carbocycles. The zero-order valence-electron chi connectivity index (χ0n) is 27.7. The number of carboxylic acids is 1. The molecule has 264 valence electrons. The molecule has 3 atom stereocenters. The van der Waals surface area contributed by atoms with Gasteiger partial charge in [0.2, 0.25) is 5.60 Å². The fourth-order valence-electron chi connectivity index (χ4n) is 5.88. The summed E-state index contributed by atoms with van der Waals surface area (Å²) < 4.78 is 5.12. The molecule has 4 aromatic rings. The fourth-order valence-corrected chi connectivity index (χ4v) is 6.43. The van der Waals surface area contributed by atoms with Crippen molar-refractivity contribution in [2.75, 3.05) is 6.61 Å². The minimum atomic E-state index is -1.72. The van der Waals surface area contributed by atoms with Crippen LogP contribution >= 0.6 is 23.2 Å². The molecule has 0 aromatic heterocycles. The summed E-state index contributed by atoms with van der Waals surface area (Å²) in [6.07, 6.45) is -0.886. The largest absolute Gasteiger partial charge is 0.481 e. The summed E-state index contributed by atoms with van der Waals surface area (Å²) in [5.41, 5.74) is -0.315. The molecule has 0 bridgehead atoms. The highest BCUT2D eigenvalue weighted by Gasteiger charge is 2.49. The number of Topliss-reactive ketones (excluding diaryl/α,β-unsaturated/α-hetero) is 1. The van der Waals surface area contributed by atoms with Crippen molar-refractivity contribution in [3.05, 3.63) is 118 Å². The van der Waals surface area contributed by atoms with E-state index in [-0.39, 0.29) is 40.3 Å². The van der Waals surface area contributed by atoms with Crippen molar-refractivity contribution in [2.24, 2.45) is 11.1 Å². The number of carbonyl (C=O) groups excluding carboxylic acids is 4. The van der Waals surface area contributed by atoms with Gasteiger partial charge in [-0.1, -0.05) is 115 Å². The summed E-state index contributed by atoms with van der Waals surface area (Å²) in [6.45, 7) is 2.92. The lowest BCUT2D eigenvalue weighted by atomic mass is 9.84. The summed E-state index contributed by atoms with van der Waals surface area (Å²) >= 11 is 12.2. The highest BCUT2D eigenvalue weighted by Crippen LogP contribution is 2.32. The molecule has 0 saturated carbocycles. The summed E-state index contributed by atoms with van der Waals surface area (Å²) in [5.74, 6) is -4.59. The number of aliphatic carboxylic acids is 1. The lowest BCUT2D eigenvalue weighted by molar-refractivity contribution is -0.148. The molecule has 1 aliphatic rings. The topological polar surface area (TPSA) is 160 Å². The van der Waals surface area contributed by atoms with E-state index in [0.717, 1.165) is 10.8 Å². The minimum Gasteiger partial charge on any atom is -0.481 e. The Kier molecular flexibility index (Phi) is 11.7. The number of carbonyl (C=O) groups is 5. The van der Waals surface area contributed by atoms with Gasteiger partial charge in [-0.25, -0.2) is 4.79 Å². The summed E-state index contributed by atoms with van der Waals surface area (Å²) in [5, 5.41) is 21.2. The highest BCUT2D eigenvalue weighted by molar-refractivity contribution is 6.39. The van der Waals surface area contributed by atoms with E-state index in [1.165, 1.54) is 18.2 Å². The second-order valence-electron chi connectivity index (χ2n) is 12.5. The lowest BCUT2D eigenvalue weighted by Crippen LogP contribution is -2.55. The Balaban J connectivity index is 1.36. The number of amides is 2. The third kappa shape index (κ3) is 8.73. The van der Waals surface area contributed by atoms with Crippen LogP contribution in [0.1, 0.15) is 53.0 Å². The number of halogens is 2. The van der Waals surface area contributed by atoms with Crippen LogP contribution in [0.4, 0.5) is 0 Å². The standard InChI is InChI=1S/C38H35Cl2N3O8/c1-22(2)34(42-35(47)26-15-8-13-24-12-6-7-14-25(24)26)30-20-38(51-43-30,19-23-10-4-3-5-11-23)37(49)41-29(18-32(45)46)31(44)21-50-36(48)33-27(39)16-9-17-28(33)40/h3-17,22,29,34H,18-21H2,1-2H3,(H,41,49)(H,42,47)(H,45,46). The number of fused-ring (bicyclic) bond motifs is 1. The van der Waals surface area contributed by atoms with Crippen LogP contribution in [0.5, 0.6) is 0 Å². The number of benzene rings is 4. The lowest BCUT2D eigenvalue weighted by Gasteiger charge is -2.29. The average molecular weight is 733 g/mol. The Labute approximate surface area is 303 Å². The van der Waals surface area contributed by atoms with Gasteiger partial charge >= 0.3 is 11.9 Å². The van der Waals surface area contributed by atoms with Crippen molar-refractivity contribution in [3.63, 3.8) is 0 Å². The van der Waals surface area contributed by atoms with Gasteiger partial charge in [-0.2, -0.15) is 0 Å². The molecule has 4 aromatic carbocycles. The smallest absolute Gasteiger partial charge is 0.341 e. The van der Waals surface area contributed by atoms with E-state index >= 15 is 0 Å². The molecular formula is C38H35Cl2N3O8. The Morgan fingerprint density at radius 2 is 1.53 bits per heavy atom. The molecule has 2 amide bonds. The number of ether oxygens (including phenoxy) is 1.